The van der Waals surface area contributed by atoms with E-state index in [9.17, 15) is 24.8 Å². The Morgan fingerprint density at radius 2 is 1.81 bits per heavy atom. The smallest absolute Gasteiger partial charge is 0.222 e. The molecule has 1 saturated heterocycles. The van der Waals surface area contributed by atoms with Gasteiger partial charge in [0.1, 0.15) is 30.2 Å². The zero-order chi connectivity index (χ0) is 23.0. The molecule has 1 aliphatic rings. The Morgan fingerprint density at radius 3 is 2.50 bits per heavy atom. The molecule has 2 heterocycles. The molecule has 170 valence electrons. The summed E-state index contributed by atoms with van der Waals surface area (Å²) in [5.41, 5.74) is 3.02. The zero-order valence-corrected chi connectivity index (χ0v) is 18.2. The maximum absolute atomic E-state index is 13.2. The van der Waals surface area contributed by atoms with Crippen LogP contribution in [0.15, 0.2) is 54.6 Å². The van der Waals surface area contributed by atoms with Crippen LogP contribution in [-0.2, 0) is 16.9 Å². The van der Waals surface area contributed by atoms with Crippen LogP contribution in [0.4, 0.5) is 4.39 Å². The molecular weight excluding hydrogens is 435 g/mol. The topological polar surface area (TPSA) is 110 Å². The number of rotatable bonds is 6. The Hall–Kier alpha value is -2.17. The minimum atomic E-state index is -2.22. The summed E-state index contributed by atoms with van der Waals surface area (Å²) < 4.78 is 18.6. The van der Waals surface area contributed by atoms with Gasteiger partial charge in [-0.05, 0) is 53.9 Å². The summed E-state index contributed by atoms with van der Waals surface area (Å²) in [6.45, 7) is 1.25. The Kier molecular flexibility index (Phi) is 6.46. The summed E-state index contributed by atoms with van der Waals surface area (Å²) in [5, 5.41) is 50.7. The first-order chi connectivity index (χ1) is 15.2. The minimum Gasteiger partial charge on any atom is -0.394 e. The lowest BCUT2D eigenvalue weighted by atomic mass is 9.93. The maximum Gasteiger partial charge on any atom is 0.222 e. The number of hydrogen-bond acceptors (Lipinski definition) is 7. The van der Waals surface area contributed by atoms with Crippen molar-refractivity contribution in [3.05, 3.63) is 82.0 Å². The largest absolute Gasteiger partial charge is 0.394 e. The molecule has 3 aromatic rings. The fourth-order valence-corrected chi connectivity index (χ4v) is 4.96. The van der Waals surface area contributed by atoms with Crippen molar-refractivity contribution in [2.45, 2.75) is 43.5 Å². The van der Waals surface area contributed by atoms with Gasteiger partial charge in [0.2, 0.25) is 5.79 Å². The number of halogens is 1. The summed E-state index contributed by atoms with van der Waals surface area (Å²) in [6.07, 6.45) is -5.49. The fourth-order valence-electron chi connectivity index (χ4n) is 3.92. The molecule has 0 radical (unpaired) electrons. The predicted molar refractivity (Wildman–Crippen MR) is 118 cm³/mol. The molecule has 0 saturated carbocycles. The van der Waals surface area contributed by atoms with Crippen molar-refractivity contribution >= 4 is 11.3 Å². The SMILES string of the molecule is Cc1ccc([C@]2(O)OC(C(O)CO)[C@H](O)[C@H]2O)cc1Cc1ccc(-c2ccc(F)cc2)s1. The van der Waals surface area contributed by atoms with E-state index in [-0.39, 0.29) is 11.4 Å². The normalized spacial score (nSPS) is 26.4. The second kappa shape index (κ2) is 8.99. The van der Waals surface area contributed by atoms with Gasteiger partial charge in [-0.1, -0.05) is 24.3 Å². The lowest BCUT2D eigenvalue weighted by Crippen LogP contribution is -2.42. The standard InChI is InChI=1S/C24H25FO6S/c1-13-2-5-16(24(30)23(29)21(28)22(31-24)19(27)12-26)10-15(13)11-18-8-9-20(32-18)14-3-6-17(25)7-4-14/h2-10,19,21-23,26-30H,11-12H2,1H3/t19?,21-,22?,23+,24-/m0/s1. The number of aliphatic hydroxyl groups is 5. The van der Waals surface area contributed by atoms with Gasteiger partial charge in [-0.15, -0.1) is 11.3 Å². The van der Waals surface area contributed by atoms with E-state index in [1.807, 2.05) is 19.1 Å². The lowest BCUT2D eigenvalue weighted by molar-refractivity contribution is -0.247. The Labute approximate surface area is 188 Å². The van der Waals surface area contributed by atoms with E-state index >= 15 is 0 Å². The van der Waals surface area contributed by atoms with Gasteiger partial charge in [0.15, 0.2) is 0 Å². The predicted octanol–water partition coefficient (Wildman–Crippen LogP) is 2.07. The Balaban J connectivity index is 1.59. The molecule has 0 spiro atoms. The van der Waals surface area contributed by atoms with Crippen LogP contribution in [0, 0.1) is 12.7 Å². The highest BCUT2D eigenvalue weighted by molar-refractivity contribution is 7.15. The average molecular weight is 461 g/mol. The summed E-state index contributed by atoms with van der Waals surface area (Å²) in [5.74, 6) is -2.51. The van der Waals surface area contributed by atoms with Crippen LogP contribution in [0.1, 0.15) is 21.6 Å². The van der Waals surface area contributed by atoms with Gasteiger partial charge in [0.25, 0.3) is 0 Å². The van der Waals surface area contributed by atoms with Crippen molar-refractivity contribution < 1.29 is 34.7 Å². The van der Waals surface area contributed by atoms with Crippen molar-refractivity contribution in [1.82, 2.24) is 0 Å². The van der Waals surface area contributed by atoms with Crippen LogP contribution in [0.25, 0.3) is 10.4 Å². The molecule has 32 heavy (non-hydrogen) atoms. The van der Waals surface area contributed by atoms with Crippen LogP contribution in [0.3, 0.4) is 0 Å². The minimum absolute atomic E-state index is 0.243. The molecule has 2 aromatic carbocycles. The molecule has 4 rings (SSSR count). The molecule has 0 bridgehead atoms. The van der Waals surface area contributed by atoms with Crippen LogP contribution < -0.4 is 0 Å². The molecular formula is C24H25FO6S. The molecule has 1 aliphatic heterocycles. The number of thiophene rings is 1. The van der Waals surface area contributed by atoms with E-state index in [4.69, 9.17) is 9.84 Å². The lowest BCUT2D eigenvalue weighted by Gasteiger charge is -2.27. The van der Waals surface area contributed by atoms with Crippen LogP contribution in [0.5, 0.6) is 0 Å². The molecule has 5 atom stereocenters. The van der Waals surface area contributed by atoms with Crippen LogP contribution >= 0.6 is 11.3 Å². The number of ether oxygens (including phenoxy) is 1. The van der Waals surface area contributed by atoms with Gasteiger partial charge in [-0.2, -0.15) is 0 Å². The zero-order valence-electron chi connectivity index (χ0n) is 17.4. The molecule has 0 amide bonds. The van der Waals surface area contributed by atoms with Gasteiger partial charge in [-0.25, -0.2) is 4.39 Å². The van der Waals surface area contributed by atoms with Crippen molar-refractivity contribution in [3.8, 4) is 10.4 Å². The Bertz CT molecular complexity index is 1080. The summed E-state index contributed by atoms with van der Waals surface area (Å²) in [4.78, 5) is 2.06. The third-order valence-corrected chi connectivity index (χ3v) is 7.00. The van der Waals surface area contributed by atoms with Gasteiger partial charge >= 0.3 is 0 Å². The molecule has 6 nitrogen and oxygen atoms in total. The monoisotopic (exact) mass is 460 g/mol. The quantitative estimate of drug-likeness (QED) is 0.385. The van der Waals surface area contributed by atoms with E-state index in [1.54, 1.807) is 41.7 Å². The molecule has 2 unspecified atom stereocenters. The third-order valence-electron chi connectivity index (χ3n) is 5.86. The highest BCUT2D eigenvalue weighted by Crippen LogP contribution is 2.40. The van der Waals surface area contributed by atoms with E-state index in [0.29, 0.717) is 6.42 Å². The van der Waals surface area contributed by atoms with E-state index < -0.39 is 36.8 Å². The van der Waals surface area contributed by atoms with Gasteiger partial charge < -0.3 is 30.3 Å². The van der Waals surface area contributed by atoms with E-state index in [2.05, 4.69) is 0 Å². The average Bonchev–Trinajstić information content (AvgIpc) is 3.34. The molecule has 1 fully saturated rings. The first-order valence-electron chi connectivity index (χ1n) is 10.2. The summed E-state index contributed by atoms with van der Waals surface area (Å²) in [6, 6.07) is 15.4. The van der Waals surface area contributed by atoms with Crippen LogP contribution in [-0.4, -0.2) is 56.6 Å². The third kappa shape index (κ3) is 4.23. The van der Waals surface area contributed by atoms with Crippen molar-refractivity contribution in [1.29, 1.82) is 0 Å². The number of aryl methyl sites for hydroxylation is 1. The molecule has 8 heteroatoms. The van der Waals surface area contributed by atoms with Crippen LogP contribution in [0.2, 0.25) is 0 Å². The fraction of sp³-hybridized carbons (Fsp3) is 0.333. The second-order valence-corrected chi connectivity index (χ2v) is 9.22. The highest BCUT2D eigenvalue weighted by atomic mass is 32.1. The molecule has 0 aliphatic carbocycles. The molecule has 5 N–H and O–H groups in total. The van der Waals surface area contributed by atoms with E-state index in [0.717, 1.165) is 26.4 Å². The van der Waals surface area contributed by atoms with Crippen molar-refractivity contribution in [3.63, 3.8) is 0 Å². The van der Waals surface area contributed by atoms with Gasteiger partial charge in [0.05, 0.1) is 6.61 Å². The number of hydrogen-bond donors (Lipinski definition) is 5. The van der Waals surface area contributed by atoms with Crippen molar-refractivity contribution in [2.75, 3.05) is 6.61 Å². The summed E-state index contributed by atoms with van der Waals surface area (Å²) >= 11 is 1.57. The second-order valence-electron chi connectivity index (χ2n) is 8.06. The summed E-state index contributed by atoms with van der Waals surface area (Å²) in [7, 11) is 0. The van der Waals surface area contributed by atoms with Crippen molar-refractivity contribution in [2.24, 2.45) is 0 Å². The van der Waals surface area contributed by atoms with E-state index in [1.165, 1.54) is 12.1 Å². The first kappa shape index (κ1) is 23.0. The Morgan fingerprint density at radius 1 is 1.09 bits per heavy atom. The number of aliphatic hydroxyl groups excluding tert-OH is 4. The van der Waals surface area contributed by atoms with Gasteiger partial charge in [-0.3, -0.25) is 0 Å². The first-order valence-corrected chi connectivity index (χ1v) is 11.0. The van der Waals surface area contributed by atoms with Gasteiger partial charge in [0, 0.05) is 21.7 Å². The highest BCUT2D eigenvalue weighted by Gasteiger charge is 2.56. The molecule has 1 aromatic heterocycles. The number of benzene rings is 2. The maximum atomic E-state index is 13.2.